The predicted octanol–water partition coefficient (Wildman–Crippen LogP) is 3.94. The summed E-state index contributed by atoms with van der Waals surface area (Å²) in [6.45, 7) is 1.91. The van der Waals surface area contributed by atoms with E-state index in [2.05, 4.69) is 17.0 Å². The third kappa shape index (κ3) is 4.47. The second kappa shape index (κ2) is 8.67. The molecule has 0 N–H and O–H groups in total. The third-order valence-corrected chi connectivity index (χ3v) is 4.12. The van der Waals surface area contributed by atoms with Gasteiger partial charge in [-0.05, 0) is 30.2 Å². The van der Waals surface area contributed by atoms with Gasteiger partial charge in [0.1, 0.15) is 6.61 Å². The lowest BCUT2D eigenvalue weighted by Crippen LogP contribution is -2.31. The minimum absolute atomic E-state index is 0. The molecule has 0 bridgehead atoms. The molecule has 0 atom stereocenters. The molecule has 0 aromatic heterocycles. The number of likely N-dealkylation sites (N-methyl/N-ethyl adjacent to an activating group) is 1. The predicted molar refractivity (Wildman–Crippen MR) is 99.0 cm³/mol. The van der Waals surface area contributed by atoms with Crippen molar-refractivity contribution in [2.45, 2.75) is 13.0 Å². The average Bonchev–Trinajstić information content (AvgIpc) is 2.61. The van der Waals surface area contributed by atoms with Crippen molar-refractivity contribution in [3.05, 3.63) is 77.4 Å². The molecule has 0 unspecified atom stereocenters. The van der Waals surface area contributed by atoms with E-state index >= 15 is 0 Å². The van der Waals surface area contributed by atoms with Crippen molar-refractivity contribution in [1.29, 1.82) is 0 Å². The van der Waals surface area contributed by atoms with Crippen molar-refractivity contribution in [2.24, 2.45) is 0 Å². The minimum atomic E-state index is -0.209. The zero-order valence-corrected chi connectivity index (χ0v) is 14.6. The summed E-state index contributed by atoms with van der Waals surface area (Å²) in [6.07, 6.45) is 0.871. The molecule has 3 nitrogen and oxygen atoms in total. The minimum Gasteiger partial charge on any atom is -0.457 e. The molecular weight excluding hydrogens is 322 g/mol. The maximum atomic E-state index is 12.6. The molecule has 1 aliphatic heterocycles. The van der Waals surface area contributed by atoms with E-state index in [4.69, 9.17) is 4.74 Å². The molecule has 2 aromatic carbocycles. The van der Waals surface area contributed by atoms with E-state index < -0.39 is 0 Å². The summed E-state index contributed by atoms with van der Waals surface area (Å²) in [5.41, 5.74) is 4.02. The number of benzene rings is 2. The number of hydrogen-bond acceptors (Lipinski definition) is 3. The molecule has 0 radical (unpaired) electrons. The Hall–Kier alpha value is -2.10. The van der Waals surface area contributed by atoms with Gasteiger partial charge in [0.25, 0.3) is 0 Å². The summed E-state index contributed by atoms with van der Waals surface area (Å²) < 4.78 is 5.54. The van der Waals surface area contributed by atoms with E-state index in [-0.39, 0.29) is 18.4 Å². The highest BCUT2D eigenvalue weighted by molar-refractivity contribution is 5.98. The van der Waals surface area contributed by atoms with Gasteiger partial charge in [-0.15, -0.1) is 12.4 Å². The lowest BCUT2D eigenvalue weighted by Gasteiger charge is -2.27. The van der Waals surface area contributed by atoms with Crippen LogP contribution in [0.15, 0.2) is 66.2 Å². The number of ether oxygens (including phenoxy) is 1. The van der Waals surface area contributed by atoms with E-state index in [9.17, 15) is 4.79 Å². The normalized spacial score (nSPS) is 14.9. The summed E-state index contributed by atoms with van der Waals surface area (Å²) >= 11 is 0. The van der Waals surface area contributed by atoms with E-state index in [0.29, 0.717) is 13.2 Å². The van der Waals surface area contributed by atoms with Crippen molar-refractivity contribution in [3.63, 3.8) is 0 Å². The van der Waals surface area contributed by atoms with E-state index in [0.717, 1.165) is 35.2 Å². The van der Waals surface area contributed by atoms with Gasteiger partial charge in [0.2, 0.25) is 0 Å². The first-order chi connectivity index (χ1) is 11.2. The maximum Gasteiger partial charge on any atom is 0.335 e. The molecule has 0 aliphatic carbocycles. The first-order valence-corrected chi connectivity index (χ1v) is 7.91. The average molecular weight is 344 g/mol. The van der Waals surface area contributed by atoms with Gasteiger partial charge in [-0.3, -0.25) is 0 Å². The third-order valence-electron chi connectivity index (χ3n) is 4.12. The van der Waals surface area contributed by atoms with Crippen LogP contribution in [0.3, 0.4) is 0 Å². The second-order valence-electron chi connectivity index (χ2n) is 5.87. The Morgan fingerprint density at radius 2 is 1.67 bits per heavy atom. The molecule has 0 amide bonds. The Labute approximate surface area is 149 Å². The summed E-state index contributed by atoms with van der Waals surface area (Å²) in [5.74, 6) is -0.209. The molecule has 0 fully saturated rings. The molecule has 126 valence electrons. The van der Waals surface area contributed by atoms with Crippen molar-refractivity contribution < 1.29 is 9.53 Å². The lowest BCUT2D eigenvalue weighted by atomic mass is 9.93. The van der Waals surface area contributed by atoms with Crippen molar-refractivity contribution in [1.82, 2.24) is 4.90 Å². The SMILES string of the molecule is CN1CCC(c2ccccc2)=C(C(=O)OCc2ccccc2)C1.Cl. The number of hydrogen-bond donors (Lipinski definition) is 0. The number of esters is 1. The van der Waals surface area contributed by atoms with Crippen LogP contribution < -0.4 is 0 Å². The summed E-state index contributed by atoms with van der Waals surface area (Å²) in [7, 11) is 2.03. The fourth-order valence-electron chi connectivity index (χ4n) is 2.85. The van der Waals surface area contributed by atoms with Crippen LogP contribution in [0.5, 0.6) is 0 Å². The van der Waals surface area contributed by atoms with Crippen molar-refractivity contribution >= 4 is 23.9 Å². The highest BCUT2D eigenvalue weighted by Crippen LogP contribution is 2.27. The van der Waals surface area contributed by atoms with E-state index in [1.54, 1.807) is 0 Å². The highest BCUT2D eigenvalue weighted by atomic mass is 35.5. The van der Waals surface area contributed by atoms with Gasteiger partial charge >= 0.3 is 5.97 Å². The molecule has 2 aromatic rings. The van der Waals surface area contributed by atoms with Crippen LogP contribution in [-0.4, -0.2) is 31.0 Å². The van der Waals surface area contributed by atoms with Crippen LogP contribution in [0.4, 0.5) is 0 Å². The molecule has 3 rings (SSSR count). The van der Waals surface area contributed by atoms with Gasteiger partial charge in [-0.25, -0.2) is 4.79 Å². The molecule has 1 aliphatic rings. The van der Waals surface area contributed by atoms with Crippen LogP contribution in [0.25, 0.3) is 5.57 Å². The molecule has 24 heavy (non-hydrogen) atoms. The largest absolute Gasteiger partial charge is 0.457 e. The van der Waals surface area contributed by atoms with Crippen LogP contribution in [0.2, 0.25) is 0 Å². The Balaban J connectivity index is 0.00000208. The van der Waals surface area contributed by atoms with Crippen molar-refractivity contribution in [3.8, 4) is 0 Å². The quantitative estimate of drug-likeness (QED) is 0.787. The van der Waals surface area contributed by atoms with Gasteiger partial charge in [-0.1, -0.05) is 60.7 Å². The molecule has 1 heterocycles. The van der Waals surface area contributed by atoms with Crippen LogP contribution in [0.1, 0.15) is 17.5 Å². The van der Waals surface area contributed by atoms with Gasteiger partial charge in [-0.2, -0.15) is 0 Å². The summed E-state index contributed by atoms with van der Waals surface area (Å²) in [6, 6.07) is 19.9. The summed E-state index contributed by atoms with van der Waals surface area (Å²) in [5, 5.41) is 0. The van der Waals surface area contributed by atoms with Crippen LogP contribution in [-0.2, 0) is 16.1 Å². The fourth-order valence-corrected chi connectivity index (χ4v) is 2.85. The first kappa shape index (κ1) is 18.2. The monoisotopic (exact) mass is 343 g/mol. The summed E-state index contributed by atoms with van der Waals surface area (Å²) in [4.78, 5) is 14.8. The maximum absolute atomic E-state index is 12.6. The van der Waals surface area contributed by atoms with Crippen LogP contribution >= 0.6 is 12.4 Å². The number of nitrogens with zero attached hydrogens (tertiary/aromatic N) is 1. The molecule has 0 spiro atoms. The zero-order chi connectivity index (χ0) is 16.1. The number of carbonyl (C=O) groups excluding carboxylic acids is 1. The van der Waals surface area contributed by atoms with E-state index in [1.165, 1.54) is 0 Å². The molecule has 4 heteroatoms. The Bertz CT molecular complexity index is 698. The topological polar surface area (TPSA) is 29.5 Å². The zero-order valence-electron chi connectivity index (χ0n) is 13.8. The Morgan fingerprint density at radius 1 is 1.04 bits per heavy atom. The van der Waals surface area contributed by atoms with E-state index in [1.807, 2.05) is 55.6 Å². The van der Waals surface area contributed by atoms with Gasteiger partial charge in [0.05, 0.1) is 5.57 Å². The van der Waals surface area contributed by atoms with Gasteiger partial charge in [0, 0.05) is 13.1 Å². The molecular formula is C20H22ClNO2. The number of carbonyl (C=O) groups is 1. The second-order valence-corrected chi connectivity index (χ2v) is 5.87. The van der Waals surface area contributed by atoms with Crippen LogP contribution in [0, 0.1) is 0 Å². The number of halogens is 1. The Kier molecular flexibility index (Phi) is 6.59. The van der Waals surface area contributed by atoms with Gasteiger partial charge < -0.3 is 9.64 Å². The number of rotatable bonds is 4. The first-order valence-electron chi connectivity index (χ1n) is 7.91. The van der Waals surface area contributed by atoms with Gasteiger partial charge in [0.15, 0.2) is 0 Å². The molecule has 0 saturated carbocycles. The standard InChI is InChI=1S/C20H21NO2.ClH/c1-21-13-12-18(17-10-6-3-7-11-17)19(14-21)20(22)23-15-16-8-4-2-5-9-16;/h2-11H,12-15H2,1H3;1H. The lowest BCUT2D eigenvalue weighted by molar-refractivity contribution is -0.140. The Morgan fingerprint density at radius 3 is 2.33 bits per heavy atom. The highest BCUT2D eigenvalue weighted by Gasteiger charge is 2.24. The van der Waals surface area contributed by atoms with Crippen molar-refractivity contribution in [2.75, 3.05) is 20.1 Å². The smallest absolute Gasteiger partial charge is 0.335 e. The molecule has 0 saturated heterocycles. The fraction of sp³-hybridized carbons (Fsp3) is 0.250.